The van der Waals surface area contributed by atoms with E-state index in [4.69, 9.17) is 0 Å². The first-order valence-corrected chi connectivity index (χ1v) is 4.36. The topological polar surface area (TPSA) is 12.4 Å². The van der Waals surface area contributed by atoms with Gasteiger partial charge < -0.3 is 0 Å². The molecule has 13 heavy (non-hydrogen) atoms. The number of aliphatic imine (C=N–C) groups is 1. The van der Waals surface area contributed by atoms with Crippen LogP contribution in [0.2, 0.25) is 0 Å². The maximum atomic E-state index is 4.03. The molecule has 1 atom stereocenters. The van der Waals surface area contributed by atoms with Crippen LogP contribution >= 0.6 is 0 Å². The van der Waals surface area contributed by atoms with Crippen LogP contribution in [0.3, 0.4) is 0 Å². The van der Waals surface area contributed by atoms with Crippen molar-refractivity contribution in [2.24, 2.45) is 10.4 Å². The third-order valence-electron chi connectivity index (χ3n) is 2.32. The van der Waals surface area contributed by atoms with Crippen molar-refractivity contribution in [3.63, 3.8) is 0 Å². The quantitative estimate of drug-likeness (QED) is 0.540. The monoisotopic (exact) mass is 173 g/mol. The predicted octanol–water partition coefficient (Wildman–Crippen LogP) is 3.27. The molecule has 0 aromatic heterocycles. The van der Waals surface area contributed by atoms with Crippen molar-refractivity contribution in [1.29, 1.82) is 0 Å². The van der Waals surface area contributed by atoms with Crippen LogP contribution in [0.15, 0.2) is 47.1 Å². The summed E-state index contributed by atoms with van der Waals surface area (Å²) in [6, 6.07) is 0. The van der Waals surface area contributed by atoms with Crippen LogP contribution in [0.1, 0.15) is 20.8 Å². The molecule has 1 nitrogen and oxygen atoms in total. The highest BCUT2D eigenvalue weighted by Crippen LogP contribution is 2.28. The van der Waals surface area contributed by atoms with Crippen LogP contribution < -0.4 is 0 Å². The minimum Gasteiger partial charge on any atom is -0.214 e. The normalized spacial score (nSPS) is 30.5. The van der Waals surface area contributed by atoms with E-state index >= 15 is 0 Å². The van der Waals surface area contributed by atoms with Crippen molar-refractivity contribution in [3.8, 4) is 0 Å². The Balaban J connectivity index is 3.12. The molecule has 0 saturated heterocycles. The average molecular weight is 173 g/mol. The lowest BCUT2D eigenvalue weighted by Gasteiger charge is -2.21. The van der Waals surface area contributed by atoms with E-state index in [0.717, 1.165) is 11.1 Å². The van der Waals surface area contributed by atoms with Gasteiger partial charge in [0.05, 0.1) is 0 Å². The lowest BCUT2D eigenvalue weighted by atomic mass is 9.83. The predicted molar refractivity (Wildman–Crippen MR) is 57.8 cm³/mol. The molecule has 0 N–H and O–H groups in total. The standard InChI is InChI=1S/C12H15N/c1-10(2)12(4)6-5-11(3)9-13-8-7-12/h5-7,9H,1H2,2-4H3/b6-5?,11-9-/t12-/m0/s1. The number of allylic oxidation sites excluding steroid dienone is 5. The van der Waals surface area contributed by atoms with Crippen LogP contribution in [-0.2, 0) is 0 Å². The van der Waals surface area contributed by atoms with E-state index in [1.165, 1.54) is 0 Å². The highest BCUT2D eigenvalue weighted by molar-refractivity contribution is 5.58. The summed E-state index contributed by atoms with van der Waals surface area (Å²) in [5.74, 6) is 2.90. The van der Waals surface area contributed by atoms with Crippen molar-refractivity contribution in [1.82, 2.24) is 0 Å². The lowest BCUT2D eigenvalue weighted by Crippen LogP contribution is -2.11. The van der Waals surface area contributed by atoms with Gasteiger partial charge in [-0.15, -0.1) is 0 Å². The zero-order valence-corrected chi connectivity index (χ0v) is 8.46. The molecule has 0 radical (unpaired) electrons. The average Bonchev–Trinajstić information content (AvgIpc) is 2.06. The molecule has 0 unspecified atom stereocenters. The molecule has 1 aliphatic heterocycles. The van der Waals surface area contributed by atoms with E-state index < -0.39 is 0 Å². The molecule has 0 aromatic carbocycles. The Hall–Kier alpha value is -1.33. The third kappa shape index (κ3) is 2.30. The molecule has 1 heterocycles. The van der Waals surface area contributed by atoms with Crippen LogP contribution in [-0.4, -0.2) is 5.87 Å². The number of rotatable bonds is 1. The van der Waals surface area contributed by atoms with E-state index in [2.05, 4.69) is 36.5 Å². The van der Waals surface area contributed by atoms with Gasteiger partial charge in [-0.25, -0.2) is 4.99 Å². The summed E-state index contributed by atoms with van der Waals surface area (Å²) in [7, 11) is 0. The SMILES string of the molecule is C=C(C)[C@]1(C)C=C=N/C=C(/C)C=C1. The molecular weight excluding hydrogens is 158 g/mol. The highest BCUT2D eigenvalue weighted by atomic mass is 14.6. The molecule has 0 aliphatic carbocycles. The summed E-state index contributed by atoms with van der Waals surface area (Å²) in [6.45, 7) is 10.1. The molecule has 1 aliphatic rings. The summed E-state index contributed by atoms with van der Waals surface area (Å²) >= 11 is 0. The molecule has 68 valence electrons. The maximum absolute atomic E-state index is 4.03. The Kier molecular flexibility index (Phi) is 2.69. The molecule has 0 amide bonds. The van der Waals surface area contributed by atoms with Gasteiger partial charge in [0.25, 0.3) is 0 Å². The fraction of sp³-hybridized carbons (Fsp3) is 0.333. The maximum Gasteiger partial charge on any atom is 0.0397 e. The highest BCUT2D eigenvalue weighted by Gasteiger charge is 2.18. The van der Waals surface area contributed by atoms with Gasteiger partial charge in [-0.3, -0.25) is 0 Å². The zero-order valence-electron chi connectivity index (χ0n) is 8.46. The van der Waals surface area contributed by atoms with Crippen molar-refractivity contribution < 1.29 is 0 Å². The van der Waals surface area contributed by atoms with E-state index in [-0.39, 0.29) is 5.41 Å². The van der Waals surface area contributed by atoms with Gasteiger partial charge in [-0.2, -0.15) is 0 Å². The Morgan fingerprint density at radius 3 is 2.92 bits per heavy atom. The number of hydrogen-bond donors (Lipinski definition) is 0. The molecule has 0 saturated carbocycles. The number of hydrogen-bond acceptors (Lipinski definition) is 1. The third-order valence-corrected chi connectivity index (χ3v) is 2.32. The van der Waals surface area contributed by atoms with E-state index in [1.54, 1.807) is 6.20 Å². The van der Waals surface area contributed by atoms with Gasteiger partial charge in [-0.1, -0.05) is 24.3 Å². The first-order valence-electron chi connectivity index (χ1n) is 4.36. The van der Waals surface area contributed by atoms with Gasteiger partial charge in [0.2, 0.25) is 0 Å². The molecular formula is C12H15N. The second-order valence-corrected chi connectivity index (χ2v) is 3.67. The first kappa shape index (κ1) is 9.76. The fourth-order valence-electron chi connectivity index (χ4n) is 0.972. The fourth-order valence-corrected chi connectivity index (χ4v) is 0.972. The van der Waals surface area contributed by atoms with E-state index in [1.807, 2.05) is 19.9 Å². The summed E-state index contributed by atoms with van der Waals surface area (Å²) in [5.41, 5.74) is 2.12. The summed E-state index contributed by atoms with van der Waals surface area (Å²) in [5, 5.41) is 0. The Morgan fingerprint density at radius 1 is 1.62 bits per heavy atom. The molecule has 0 spiro atoms. The van der Waals surface area contributed by atoms with Crippen molar-refractivity contribution in [2.45, 2.75) is 20.8 Å². The van der Waals surface area contributed by atoms with Gasteiger partial charge in [0.1, 0.15) is 0 Å². The van der Waals surface area contributed by atoms with E-state index in [9.17, 15) is 0 Å². The van der Waals surface area contributed by atoms with E-state index in [0.29, 0.717) is 0 Å². The summed E-state index contributed by atoms with van der Waals surface area (Å²) < 4.78 is 0. The lowest BCUT2D eigenvalue weighted by molar-refractivity contribution is 0.670. The van der Waals surface area contributed by atoms with Crippen LogP contribution in [0.4, 0.5) is 0 Å². The van der Waals surface area contributed by atoms with Crippen LogP contribution in [0.5, 0.6) is 0 Å². The Bertz CT molecular complexity index is 338. The van der Waals surface area contributed by atoms with Crippen LogP contribution in [0.25, 0.3) is 0 Å². The van der Waals surface area contributed by atoms with Crippen LogP contribution in [0, 0.1) is 5.41 Å². The minimum absolute atomic E-state index is 0.112. The van der Waals surface area contributed by atoms with Gasteiger partial charge >= 0.3 is 0 Å². The molecule has 0 fully saturated rings. The molecule has 0 bridgehead atoms. The van der Waals surface area contributed by atoms with Crippen molar-refractivity contribution in [3.05, 3.63) is 42.2 Å². The van der Waals surface area contributed by atoms with Gasteiger partial charge in [-0.05, 0) is 38.3 Å². The smallest absolute Gasteiger partial charge is 0.0397 e. The molecule has 1 heteroatoms. The number of nitrogens with zero attached hydrogens (tertiary/aromatic N) is 1. The molecule has 1 rings (SSSR count). The van der Waals surface area contributed by atoms with Gasteiger partial charge in [0.15, 0.2) is 0 Å². The van der Waals surface area contributed by atoms with Gasteiger partial charge in [0, 0.05) is 11.6 Å². The molecule has 0 aromatic rings. The second kappa shape index (κ2) is 3.59. The van der Waals surface area contributed by atoms with Crippen molar-refractivity contribution >= 4 is 5.87 Å². The largest absolute Gasteiger partial charge is 0.214 e. The minimum atomic E-state index is -0.112. The first-order chi connectivity index (χ1) is 6.04. The van der Waals surface area contributed by atoms with Crippen molar-refractivity contribution in [2.75, 3.05) is 0 Å². The Labute approximate surface area is 79.9 Å². The zero-order chi connectivity index (χ0) is 9.90. The summed E-state index contributed by atoms with van der Waals surface area (Å²) in [4.78, 5) is 4.03. The second-order valence-electron chi connectivity index (χ2n) is 3.67. The Morgan fingerprint density at radius 2 is 2.31 bits per heavy atom. The summed E-state index contributed by atoms with van der Waals surface area (Å²) in [6.07, 6.45) is 7.93.